The highest BCUT2D eigenvalue weighted by Crippen LogP contribution is 2.19. The molecule has 2 aromatic rings. The van der Waals surface area contributed by atoms with Crippen molar-refractivity contribution in [3.63, 3.8) is 0 Å². The van der Waals surface area contributed by atoms with Crippen LogP contribution in [0.3, 0.4) is 0 Å². The molecule has 0 fully saturated rings. The van der Waals surface area contributed by atoms with E-state index in [1.165, 1.54) is 6.26 Å². The highest BCUT2D eigenvalue weighted by atomic mass is 35.5. The maximum Gasteiger partial charge on any atom is 0.175 e. The summed E-state index contributed by atoms with van der Waals surface area (Å²) in [4.78, 5) is 0.274. The van der Waals surface area contributed by atoms with Gasteiger partial charge in [0.2, 0.25) is 0 Å². The summed E-state index contributed by atoms with van der Waals surface area (Å²) in [6, 6.07) is 13.5. The number of hydrogen-bond donors (Lipinski definition) is 2. The van der Waals surface area contributed by atoms with E-state index in [2.05, 4.69) is 0 Å². The number of nitrogens with two attached hydrogens (primary N) is 1. The van der Waals surface area contributed by atoms with Gasteiger partial charge in [-0.1, -0.05) is 24.3 Å². The summed E-state index contributed by atoms with van der Waals surface area (Å²) in [6.45, 7) is 0.272. The summed E-state index contributed by atoms with van der Waals surface area (Å²) in [5.74, 6) is 0.468. The predicted molar refractivity (Wildman–Crippen MR) is 88.6 cm³/mol. The second kappa shape index (κ2) is 7.29. The monoisotopic (exact) mass is 340 g/mol. The molecule has 2 aromatic carbocycles. The van der Waals surface area contributed by atoms with Gasteiger partial charge in [0.05, 0.1) is 10.5 Å². The average molecular weight is 341 g/mol. The van der Waals surface area contributed by atoms with Crippen molar-refractivity contribution in [3.8, 4) is 5.75 Å². The van der Waals surface area contributed by atoms with Gasteiger partial charge in [-0.3, -0.25) is 5.41 Å². The van der Waals surface area contributed by atoms with Gasteiger partial charge in [-0.25, -0.2) is 8.42 Å². The minimum atomic E-state index is -3.19. The van der Waals surface area contributed by atoms with Crippen LogP contribution in [0.15, 0.2) is 53.4 Å². The SMILES string of the molecule is CS(=O)(=O)c1ccc(COc2ccccc2C(=N)N)cc1.Cl. The third kappa shape index (κ3) is 4.47. The molecular weight excluding hydrogens is 324 g/mol. The van der Waals surface area contributed by atoms with Crippen LogP contribution in [0.4, 0.5) is 0 Å². The van der Waals surface area contributed by atoms with Crippen molar-refractivity contribution >= 4 is 28.1 Å². The molecule has 0 saturated heterocycles. The first-order valence-electron chi connectivity index (χ1n) is 6.23. The van der Waals surface area contributed by atoms with E-state index in [1.54, 1.807) is 48.5 Å². The Hall–Kier alpha value is -2.05. The lowest BCUT2D eigenvalue weighted by Gasteiger charge is -2.10. The Balaban J connectivity index is 0.00000242. The highest BCUT2D eigenvalue weighted by Gasteiger charge is 2.08. The van der Waals surface area contributed by atoms with Gasteiger partial charge in [-0.05, 0) is 29.8 Å². The predicted octanol–water partition coefficient (Wildman–Crippen LogP) is 2.37. The molecule has 7 heteroatoms. The van der Waals surface area contributed by atoms with E-state index < -0.39 is 9.84 Å². The summed E-state index contributed by atoms with van der Waals surface area (Å²) in [5.41, 5.74) is 6.85. The van der Waals surface area contributed by atoms with Gasteiger partial charge < -0.3 is 10.5 Å². The molecule has 0 atom stereocenters. The normalized spacial score (nSPS) is 10.6. The zero-order chi connectivity index (χ0) is 15.5. The molecule has 0 radical (unpaired) electrons. The van der Waals surface area contributed by atoms with Gasteiger partial charge in [0.1, 0.15) is 18.2 Å². The average Bonchev–Trinajstić information content (AvgIpc) is 2.45. The maximum atomic E-state index is 11.4. The van der Waals surface area contributed by atoms with Crippen LogP contribution >= 0.6 is 12.4 Å². The first-order valence-corrected chi connectivity index (χ1v) is 8.12. The zero-order valence-corrected chi connectivity index (χ0v) is 13.6. The van der Waals surface area contributed by atoms with Crippen molar-refractivity contribution in [2.75, 3.05) is 6.26 Å². The number of nitrogen functional groups attached to an aromatic ring is 1. The van der Waals surface area contributed by atoms with E-state index in [-0.39, 0.29) is 29.7 Å². The minimum absolute atomic E-state index is 0. The Morgan fingerprint density at radius 3 is 2.27 bits per heavy atom. The van der Waals surface area contributed by atoms with Crippen LogP contribution in [0, 0.1) is 5.41 Å². The maximum absolute atomic E-state index is 11.4. The molecular formula is C15H17ClN2O3S. The van der Waals surface area contributed by atoms with Gasteiger partial charge in [-0.15, -0.1) is 12.4 Å². The number of nitrogens with one attached hydrogen (secondary N) is 1. The van der Waals surface area contributed by atoms with Crippen LogP contribution in [-0.4, -0.2) is 20.5 Å². The number of halogens is 1. The van der Waals surface area contributed by atoms with Crippen molar-refractivity contribution in [1.82, 2.24) is 0 Å². The third-order valence-electron chi connectivity index (χ3n) is 2.92. The van der Waals surface area contributed by atoms with Crippen LogP contribution in [0.25, 0.3) is 0 Å². The summed E-state index contributed by atoms with van der Waals surface area (Å²) in [5, 5.41) is 7.49. The summed E-state index contributed by atoms with van der Waals surface area (Å²) < 4.78 is 28.4. The molecule has 3 N–H and O–H groups in total. The molecule has 0 unspecified atom stereocenters. The number of para-hydroxylation sites is 1. The number of amidine groups is 1. The number of benzene rings is 2. The summed E-state index contributed by atoms with van der Waals surface area (Å²) in [6.07, 6.45) is 1.17. The molecule has 0 saturated carbocycles. The largest absolute Gasteiger partial charge is 0.488 e. The molecule has 5 nitrogen and oxygen atoms in total. The van der Waals surface area contributed by atoms with Crippen LogP contribution in [0.5, 0.6) is 5.75 Å². The van der Waals surface area contributed by atoms with Crippen molar-refractivity contribution in [3.05, 3.63) is 59.7 Å². The Labute approximate surface area is 136 Å². The van der Waals surface area contributed by atoms with E-state index in [1.807, 2.05) is 0 Å². The molecule has 0 bridgehead atoms. The Morgan fingerprint density at radius 1 is 1.14 bits per heavy atom. The number of sulfone groups is 1. The number of rotatable bonds is 5. The molecule has 0 aromatic heterocycles. The molecule has 0 aliphatic rings. The van der Waals surface area contributed by atoms with Gasteiger partial charge in [0.15, 0.2) is 9.84 Å². The Kier molecular flexibility index (Phi) is 5.96. The van der Waals surface area contributed by atoms with Gasteiger partial charge in [-0.2, -0.15) is 0 Å². The Morgan fingerprint density at radius 2 is 1.73 bits per heavy atom. The van der Waals surface area contributed by atoms with E-state index >= 15 is 0 Å². The lowest BCUT2D eigenvalue weighted by molar-refractivity contribution is 0.305. The smallest absolute Gasteiger partial charge is 0.175 e. The lowest BCUT2D eigenvalue weighted by atomic mass is 10.2. The fraction of sp³-hybridized carbons (Fsp3) is 0.133. The van der Waals surface area contributed by atoms with Gasteiger partial charge in [0, 0.05) is 6.26 Å². The molecule has 22 heavy (non-hydrogen) atoms. The molecule has 118 valence electrons. The molecule has 0 amide bonds. The van der Waals surface area contributed by atoms with Crippen molar-refractivity contribution in [2.45, 2.75) is 11.5 Å². The minimum Gasteiger partial charge on any atom is -0.488 e. The van der Waals surface area contributed by atoms with E-state index in [9.17, 15) is 8.42 Å². The van der Waals surface area contributed by atoms with Gasteiger partial charge >= 0.3 is 0 Å². The fourth-order valence-corrected chi connectivity index (χ4v) is 2.44. The second-order valence-corrected chi connectivity index (χ2v) is 6.63. The molecule has 0 heterocycles. The molecule has 2 rings (SSSR count). The van der Waals surface area contributed by atoms with Crippen LogP contribution < -0.4 is 10.5 Å². The van der Waals surface area contributed by atoms with Crippen LogP contribution in [-0.2, 0) is 16.4 Å². The van der Waals surface area contributed by atoms with E-state index in [4.69, 9.17) is 15.9 Å². The summed E-state index contributed by atoms with van der Waals surface area (Å²) >= 11 is 0. The van der Waals surface area contributed by atoms with Gasteiger partial charge in [0.25, 0.3) is 0 Å². The molecule has 0 spiro atoms. The van der Waals surface area contributed by atoms with E-state index in [0.29, 0.717) is 11.3 Å². The standard InChI is InChI=1S/C15H16N2O3S.ClH/c1-21(18,19)12-8-6-11(7-9-12)10-20-14-5-3-2-4-13(14)15(16)17;/h2-9H,10H2,1H3,(H3,16,17);1H. The van der Waals surface area contributed by atoms with Crippen molar-refractivity contribution in [1.29, 1.82) is 5.41 Å². The molecule has 0 aliphatic heterocycles. The van der Waals surface area contributed by atoms with Crippen molar-refractivity contribution in [2.24, 2.45) is 5.73 Å². The first-order chi connectivity index (χ1) is 9.88. The van der Waals surface area contributed by atoms with Crippen LogP contribution in [0.2, 0.25) is 0 Å². The quantitative estimate of drug-likeness (QED) is 0.645. The Bertz CT molecular complexity index is 759. The highest BCUT2D eigenvalue weighted by molar-refractivity contribution is 7.90. The third-order valence-corrected chi connectivity index (χ3v) is 4.05. The summed E-state index contributed by atoms with van der Waals surface area (Å²) in [7, 11) is -3.19. The fourth-order valence-electron chi connectivity index (χ4n) is 1.81. The number of ether oxygens (including phenoxy) is 1. The first kappa shape index (κ1) is 18.0. The number of hydrogen-bond acceptors (Lipinski definition) is 4. The van der Waals surface area contributed by atoms with Crippen molar-refractivity contribution < 1.29 is 13.2 Å². The lowest BCUT2D eigenvalue weighted by Crippen LogP contribution is -2.13. The zero-order valence-electron chi connectivity index (χ0n) is 11.9. The topological polar surface area (TPSA) is 93.2 Å². The van der Waals surface area contributed by atoms with E-state index in [0.717, 1.165) is 5.56 Å². The molecule has 0 aliphatic carbocycles. The van der Waals surface area contributed by atoms with Crippen LogP contribution in [0.1, 0.15) is 11.1 Å². The second-order valence-electron chi connectivity index (χ2n) is 4.61.